The van der Waals surface area contributed by atoms with Crippen LogP contribution >= 0.6 is 11.6 Å². The minimum atomic E-state index is 0.356. The molecule has 0 aliphatic heterocycles. The monoisotopic (exact) mass is 346 g/mol. The lowest BCUT2D eigenvalue weighted by atomic mass is 10.2. The van der Waals surface area contributed by atoms with Gasteiger partial charge in [-0.05, 0) is 18.2 Å². The molecule has 0 aliphatic carbocycles. The summed E-state index contributed by atoms with van der Waals surface area (Å²) in [5.41, 5.74) is 2.73. The van der Waals surface area contributed by atoms with E-state index in [1.54, 1.807) is 0 Å². The number of ether oxygens (including phenoxy) is 1. The van der Waals surface area contributed by atoms with Crippen molar-refractivity contribution < 1.29 is 4.74 Å². The number of benzene rings is 3. The van der Waals surface area contributed by atoms with Gasteiger partial charge in [-0.3, -0.25) is 0 Å². The Labute approximate surface area is 150 Å². The van der Waals surface area contributed by atoms with Crippen LogP contribution in [0.15, 0.2) is 78.9 Å². The fraction of sp³-hybridized carbons (Fsp3) is 0.0476. The summed E-state index contributed by atoms with van der Waals surface area (Å²) in [4.78, 5) is 9.30. The Morgan fingerprint density at radius 2 is 1.48 bits per heavy atom. The molecule has 4 aromatic rings. The van der Waals surface area contributed by atoms with Crippen molar-refractivity contribution in [2.45, 2.75) is 6.61 Å². The van der Waals surface area contributed by atoms with Crippen LogP contribution in [-0.4, -0.2) is 9.97 Å². The lowest BCUT2D eigenvalue weighted by Gasteiger charge is -2.11. The second kappa shape index (κ2) is 6.91. The van der Waals surface area contributed by atoms with E-state index in [4.69, 9.17) is 16.3 Å². The molecule has 1 aromatic heterocycles. The second-order valence-corrected chi connectivity index (χ2v) is 6.02. The van der Waals surface area contributed by atoms with E-state index in [0.717, 1.165) is 22.0 Å². The molecule has 0 fully saturated rings. The Morgan fingerprint density at radius 1 is 0.760 bits per heavy atom. The van der Waals surface area contributed by atoms with E-state index in [1.807, 2.05) is 78.9 Å². The number of halogens is 1. The number of hydrogen-bond acceptors (Lipinski definition) is 3. The van der Waals surface area contributed by atoms with Crippen LogP contribution in [0.4, 0.5) is 0 Å². The largest absolute Gasteiger partial charge is 0.472 e. The molecule has 0 spiro atoms. The molecule has 0 saturated heterocycles. The van der Waals surface area contributed by atoms with Gasteiger partial charge < -0.3 is 4.74 Å². The highest BCUT2D eigenvalue weighted by atomic mass is 35.5. The maximum absolute atomic E-state index is 6.22. The zero-order chi connectivity index (χ0) is 17.1. The van der Waals surface area contributed by atoms with E-state index in [-0.39, 0.29) is 0 Å². The number of aromatic nitrogens is 2. The first-order valence-electron chi connectivity index (χ1n) is 8.00. The second-order valence-electron chi connectivity index (χ2n) is 5.62. The Kier molecular flexibility index (Phi) is 4.32. The van der Waals surface area contributed by atoms with Crippen LogP contribution < -0.4 is 4.74 Å². The van der Waals surface area contributed by atoms with Crippen LogP contribution in [0.25, 0.3) is 22.3 Å². The van der Waals surface area contributed by atoms with Gasteiger partial charge in [0.2, 0.25) is 5.88 Å². The molecule has 0 unspecified atom stereocenters. The SMILES string of the molecule is Clc1ccccc1COc1nc(-c2ccccc2)nc2ccccc12. The van der Waals surface area contributed by atoms with Crippen molar-refractivity contribution in [1.29, 1.82) is 0 Å². The van der Waals surface area contributed by atoms with Crippen LogP contribution in [0.3, 0.4) is 0 Å². The van der Waals surface area contributed by atoms with Crippen LogP contribution in [0, 0.1) is 0 Å². The number of hydrogen-bond donors (Lipinski definition) is 0. The van der Waals surface area contributed by atoms with Gasteiger partial charge in [-0.25, -0.2) is 4.98 Å². The minimum Gasteiger partial charge on any atom is -0.472 e. The highest BCUT2D eigenvalue weighted by Crippen LogP contribution is 2.27. The van der Waals surface area contributed by atoms with Gasteiger partial charge in [0.15, 0.2) is 5.82 Å². The molecule has 0 bridgehead atoms. The summed E-state index contributed by atoms with van der Waals surface area (Å²) < 4.78 is 6.01. The molecule has 3 nitrogen and oxygen atoms in total. The average molecular weight is 347 g/mol. The molecule has 0 atom stereocenters. The molecule has 1 heterocycles. The highest BCUT2D eigenvalue weighted by Gasteiger charge is 2.11. The zero-order valence-electron chi connectivity index (χ0n) is 13.4. The molecule has 4 rings (SSSR count). The lowest BCUT2D eigenvalue weighted by molar-refractivity contribution is 0.298. The normalized spacial score (nSPS) is 10.8. The Hall–Kier alpha value is -2.91. The number of fused-ring (bicyclic) bond motifs is 1. The summed E-state index contributed by atoms with van der Waals surface area (Å²) >= 11 is 6.22. The summed E-state index contributed by atoms with van der Waals surface area (Å²) in [6.45, 7) is 0.356. The van der Waals surface area contributed by atoms with Gasteiger partial charge in [0.1, 0.15) is 6.61 Å². The summed E-state index contributed by atoms with van der Waals surface area (Å²) in [6, 6.07) is 25.4. The number of nitrogens with zero attached hydrogens (tertiary/aromatic N) is 2. The van der Waals surface area contributed by atoms with Crippen molar-refractivity contribution in [3.05, 3.63) is 89.4 Å². The van der Waals surface area contributed by atoms with Crippen molar-refractivity contribution in [2.75, 3.05) is 0 Å². The molecule has 4 heteroatoms. The number of rotatable bonds is 4. The van der Waals surface area contributed by atoms with E-state index in [2.05, 4.69) is 9.97 Å². The van der Waals surface area contributed by atoms with E-state index < -0.39 is 0 Å². The van der Waals surface area contributed by atoms with Crippen molar-refractivity contribution in [1.82, 2.24) is 9.97 Å². The molecule has 0 aliphatic rings. The summed E-state index contributed by atoms with van der Waals surface area (Å²) in [5.74, 6) is 1.21. The van der Waals surface area contributed by atoms with Gasteiger partial charge in [0.25, 0.3) is 0 Å². The van der Waals surface area contributed by atoms with Crippen molar-refractivity contribution >= 4 is 22.5 Å². The molecule has 122 valence electrons. The fourth-order valence-electron chi connectivity index (χ4n) is 2.64. The van der Waals surface area contributed by atoms with Crippen molar-refractivity contribution in [3.63, 3.8) is 0 Å². The molecule has 0 radical (unpaired) electrons. The van der Waals surface area contributed by atoms with Gasteiger partial charge in [0.05, 0.1) is 10.9 Å². The summed E-state index contributed by atoms with van der Waals surface area (Å²) in [7, 11) is 0. The van der Waals surface area contributed by atoms with Gasteiger partial charge in [0, 0.05) is 16.1 Å². The Bertz CT molecular complexity index is 1020. The standard InChI is InChI=1S/C21H15ClN2O/c22-18-12-6-4-10-16(18)14-25-21-17-11-5-7-13-19(17)23-20(24-21)15-8-2-1-3-9-15/h1-13H,14H2. The Balaban J connectivity index is 1.75. The molecule has 0 N–H and O–H groups in total. The first-order valence-corrected chi connectivity index (χ1v) is 8.37. The first kappa shape index (κ1) is 15.6. The third-order valence-corrected chi connectivity index (χ3v) is 4.29. The van der Waals surface area contributed by atoms with Gasteiger partial charge in [-0.15, -0.1) is 0 Å². The zero-order valence-corrected chi connectivity index (χ0v) is 14.1. The molecular weight excluding hydrogens is 332 g/mol. The van der Waals surface area contributed by atoms with E-state index in [1.165, 1.54) is 0 Å². The lowest BCUT2D eigenvalue weighted by Crippen LogP contribution is -2.01. The maximum atomic E-state index is 6.22. The van der Waals surface area contributed by atoms with E-state index in [0.29, 0.717) is 23.3 Å². The van der Waals surface area contributed by atoms with Gasteiger partial charge in [-0.2, -0.15) is 4.98 Å². The Morgan fingerprint density at radius 3 is 2.32 bits per heavy atom. The molecule has 3 aromatic carbocycles. The van der Waals surface area contributed by atoms with Crippen LogP contribution in [-0.2, 0) is 6.61 Å². The summed E-state index contributed by atoms with van der Waals surface area (Å²) in [5, 5.41) is 1.57. The van der Waals surface area contributed by atoms with E-state index >= 15 is 0 Å². The van der Waals surface area contributed by atoms with Gasteiger partial charge in [-0.1, -0.05) is 72.3 Å². The third kappa shape index (κ3) is 3.32. The minimum absolute atomic E-state index is 0.356. The molecule has 0 saturated carbocycles. The molecule has 25 heavy (non-hydrogen) atoms. The maximum Gasteiger partial charge on any atom is 0.225 e. The topological polar surface area (TPSA) is 35.0 Å². The van der Waals surface area contributed by atoms with Crippen molar-refractivity contribution in [3.8, 4) is 17.3 Å². The van der Waals surface area contributed by atoms with Crippen molar-refractivity contribution in [2.24, 2.45) is 0 Å². The van der Waals surface area contributed by atoms with Gasteiger partial charge >= 0.3 is 0 Å². The summed E-state index contributed by atoms with van der Waals surface area (Å²) in [6.07, 6.45) is 0. The fourth-order valence-corrected chi connectivity index (χ4v) is 2.83. The molecular formula is C21H15ClN2O. The molecule has 0 amide bonds. The quantitative estimate of drug-likeness (QED) is 0.487. The third-order valence-electron chi connectivity index (χ3n) is 3.92. The van der Waals surface area contributed by atoms with Crippen LogP contribution in [0.2, 0.25) is 5.02 Å². The average Bonchev–Trinajstić information content (AvgIpc) is 2.67. The van der Waals surface area contributed by atoms with Crippen LogP contribution in [0.1, 0.15) is 5.56 Å². The highest BCUT2D eigenvalue weighted by molar-refractivity contribution is 6.31. The predicted octanol–water partition coefficient (Wildman–Crippen LogP) is 5.53. The first-order chi connectivity index (χ1) is 12.3. The smallest absolute Gasteiger partial charge is 0.225 e. The number of para-hydroxylation sites is 1. The van der Waals surface area contributed by atoms with Crippen LogP contribution in [0.5, 0.6) is 5.88 Å². The predicted molar refractivity (Wildman–Crippen MR) is 101 cm³/mol. The van der Waals surface area contributed by atoms with E-state index in [9.17, 15) is 0 Å².